The second-order valence-corrected chi connectivity index (χ2v) is 8.31. The minimum atomic E-state index is -1.32. The van der Waals surface area contributed by atoms with Crippen LogP contribution in [-0.4, -0.2) is 47.2 Å². The van der Waals surface area contributed by atoms with E-state index < -0.39 is 5.60 Å². The number of carbonyl (C=O) groups is 1. The number of benzene rings is 1. The highest BCUT2D eigenvalue weighted by atomic mass is 35.5. The number of carbonyl (C=O) groups excluding carboxylic acids is 1. The number of likely N-dealkylation sites (tertiary alicyclic amines) is 1. The molecule has 0 bridgehead atoms. The maximum atomic E-state index is 12.4. The molecule has 1 atom stereocenters. The lowest BCUT2D eigenvalue weighted by atomic mass is 9.84. The van der Waals surface area contributed by atoms with Crippen molar-refractivity contribution in [3.8, 4) is 0 Å². The van der Waals surface area contributed by atoms with E-state index in [1.165, 1.54) is 19.3 Å². The van der Waals surface area contributed by atoms with Gasteiger partial charge >= 0.3 is 0 Å². The number of rotatable bonds is 5. The lowest BCUT2D eigenvalue weighted by Gasteiger charge is -2.38. The van der Waals surface area contributed by atoms with Gasteiger partial charge in [-0.1, -0.05) is 18.0 Å². The molecular weight excluding hydrogens is 338 g/mol. The quantitative estimate of drug-likeness (QED) is 0.787. The summed E-state index contributed by atoms with van der Waals surface area (Å²) in [5.41, 5.74) is 6.18. The number of hydrogen-bond donors (Lipinski definition) is 2. The average Bonchev–Trinajstić information content (AvgIpc) is 2.97. The number of nitrogens with zero attached hydrogens (tertiary/aromatic N) is 2. The van der Waals surface area contributed by atoms with E-state index in [0.29, 0.717) is 29.7 Å². The van der Waals surface area contributed by atoms with Crippen molar-refractivity contribution in [1.82, 2.24) is 4.90 Å². The summed E-state index contributed by atoms with van der Waals surface area (Å²) in [6.07, 6.45) is 4.72. The summed E-state index contributed by atoms with van der Waals surface area (Å²) in [5, 5.41) is 10.6. The molecule has 1 aliphatic heterocycles. The van der Waals surface area contributed by atoms with Gasteiger partial charge in [0, 0.05) is 31.4 Å². The Labute approximate surface area is 154 Å². The molecule has 5 nitrogen and oxygen atoms in total. The van der Waals surface area contributed by atoms with Crippen LogP contribution in [0.1, 0.15) is 39.5 Å². The summed E-state index contributed by atoms with van der Waals surface area (Å²) >= 11 is 6.24. The molecule has 0 aromatic heterocycles. The third-order valence-electron chi connectivity index (χ3n) is 5.41. The van der Waals surface area contributed by atoms with Gasteiger partial charge in [0.2, 0.25) is 0 Å². The van der Waals surface area contributed by atoms with Crippen LogP contribution in [0.4, 0.5) is 11.4 Å². The molecule has 6 heteroatoms. The van der Waals surface area contributed by atoms with Crippen LogP contribution in [-0.2, 0) is 4.79 Å². The Morgan fingerprint density at radius 3 is 2.68 bits per heavy atom. The van der Waals surface area contributed by atoms with Crippen molar-refractivity contribution in [3.05, 3.63) is 23.2 Å². The highest BCUT2D eigenvalue weighted by Crippen LogP contribution is 2.34. The van der Waals surface area contributed by atoms with Crippen LogP contribution >= 0.6 is 11.6 Å². The van der Waals surface area contributed by atoms with Crippen LogP contribution in [0.3, 0.4) is 0 Å². The zero-order valence-electron chi connectivity index (χ0n) is 15.0. The summed E-state index contributed by atoms with van der Waals surface area (Å²) in [6, 6.07) is 6.03. The number of aliphatic hydroxyl groups is 1. The molecule has 1 aromatic rings. The molecule has 1 saturated heterocycles. The Balaban J connectivity index is 1.78. The third-order valence-corrected chi connectivity index (χ3v) is 5.74. The molecule has 3 rings (SSSR count). The average molecular weight is 366 g/mol. The van der Waals surface area contributed by atoms with Gasteiger partial charge in [0.25, 0.3) is 5.91 Å². The lowest BCUT2D eigenvalue weighted by molar-refractivity contribution is -0.146. The molecule has 1 amide bonds. The van der Waals surface area contributed by atoms with Crippen molar-refractivity contribution in [2.45, 2.75) is 51.2 Å². The molecule has 1 saturated carbocycles. The number of nitrogens with two attached hydrogens (primary N) is 1. The van der Waals surface area contributed by atoms with Crippen molar-refractivity contribution in [3.63, 3.8) is 0 Å². The van der Waals surface area contributed by atoms with Crippen LogP contribution in [0.2, 0.25) is 5.02 Å². The number of hydrogen-bond acceptors (Lipinski definition) is 4. The Bertz CT molecular complexity index is 640. The molecule has 2 fully saturated rings. The van der Waals surface area contributed by atoms with Crippen molar-refractivity contribution in [2.24, 2.45) is 5.92 Å². The monoisotopic (exact) mass is 365 g/mol. The Morgan fingerprint density at radius 1 is 1.40 bits per heavy atom. The van der Waals surface area contributed by atoms with E-state index in [9.17, 15) is 9.90 Å². The topological polar surface area (TPSA) is 69.8 Å². The Kier molecular flexibility index (Phi) is 5.16. The highest BCUT2D eigenvalue weighted by molar-refractivity contribution is 6.33. The van der Waals surface area contributed by atoms with Gasteiger partial charge in [-0.2, -0.15) is 0 Å². The second kappa shape index (κ2) is 7.04. The van der Waals surface area contributed by atoms with Crippen LogP contribution in [0, 0.1) is 5.92 Å². The van der Waals surface area contributed by atoms with Gasteiger partial charge in [-0.3, -0.25) is 4.79 Å². The Hall–Kier alpha value is -1.46. The van der Waals surface area contributed by atoms with Crippen LogP contribution in [0.25, 0.3) is 0 Å². The molecular formula is C19H28ClN3O2. The summed E-state index contributed by atoms with van der Waals surface area (Å²) in [6.45, 7) is 5.40. The number of amides is 1. The maximum absolute atomic E-state index is 12.4. The van der Waals surface area contributed by atoms with Gasteiger partial charge in [-0.25, -0.2) is 0 Å². The van der Waals surface area contributed by atoms with Gasteiger partial charge in [-0.05, 0) is 57.2 Å². The zero-order chi connectivity index (χ0) is 18.2. The number of anilines is 2. The van der Waals surface area contributed by atoms with Gasteiger partial charge in [0.1, 0.15) is 5.60 Å². The van der Waals surface area contributed by atoms with E-state index in [1.54, 1.807) is 18.7 Å². The minimum absolute atomic E-state index is 0.200. The van der Waals surface area contributed by atoms with Crippen LogP contribution in [0.5, 0.6) is 0 Å². The molecule has 2 aliphatic rings. The van der Waals surface area contributed by atoms with E-state index in [-0.39, 0.29) is 11.9 Å². The maximum Gasteiger partial charge on any atom is 0.254 e. The summed E-state index contributed by atoms with van der Waals surface area (Å²) in [7, 11) is 0. The zero-order valence-corrected chi connectivity index (χ0v) is 15.8. The molecule has 138 valence electrons. The highest BCUT2D eigenvalue weighted by Gasteiger charge is 2.37. The molecule has 3 N–H and O–H groups in total. The Morgan fingerprint density at radius 2 is 2.12 bits per heavy atom. The van der Waals surface area contributed by atoms with Crippen LogP contribution in [0.15, 0.2) is 18.2 Å². The van der Waals surface area contributed by atoms with Crippen molar-refractivity contribution < 1.29 is 9.90 Å². The molecule has 1 heterocycles. The smallest absolute Gasteiger partial charge is 0.254 e. The van der Waals surface area contributed by atoms with E-state index >= 15 is 0 Å². The fourth-order valence-corrected chi connectivity index (χ4v) is 3.86. The largest absolute Gasteiger partial charge is 0.398 e. The first-order valence-electron chi connectivity index (χ1n) is 9.09. The first-order chi connectivity index (χ1) is 11.8. The van der Waals surface area contributed by atoms with E-state index in [0.717, 1.165) is 18.7 Å². The first kappa shape index (κ1) is 18.3. The molecule has 25 heavy (non-hydrogen) atoms. The lowest BCUT2D eigenvalue weighted by Crippen LogP contribution is -2.47. The SMILES string of the molecule is CC(C)(O)C(=O)N1CCC(N(CC2CCC2)c2ccc(N)c(Cl)c2)C1. The van der Waals surface area contributed by atoms with E-state index in [4.69, 9.17) is 17.3 Å². The van der Waals surface area contributed by atoms with Gasteiger partial charge in [0.05, 0.1) is 10.7 Å². The third kappa shape index (κ3) is 4.04. The normalized spacial score (nSPS) is 21.3. The van der Waals surface area contributed by atoms with E-state index in [1.807, 2.05) is 18.2 Å². The molecule has 1 unspecified atom stereocenters. The van der Waals surface area contributed by atoms with Crippen molar-refractivity contribution in [2.75, 3.05) is 30.3 Å². The predicted molar refractivity (Wildman–Crippen MR) is 102 cm³/mol. The fourth-order valence-electron chi connectivity index (χ4n) is 3.68. The molecule has 1 aromatic carbocycles. The summed E-state index contributed by atoms with van der Waals surface area (Å²) in [5.74, 6) is 0.504. The van der Waals surface area contributed by atoms with E-state index in [2.05, 4.69) is 4.90 Å². The standard InChI is InChI=1S/C19H28ClN3O2/c1-19(2,25)18(24)22-9-8-15(12-22)23(11-13-4-3-5-13)14-6-7-17(21)16(20)10-14/h6-7,10,13,15,25H,3-5,8-9,11-12,21H2,1-2H3. The predicted octanol–water partition coefficient (Wildman–Crippen LogP) is 2.90. The fraction of sp³-hybridized carbons (Fsp3) is 0.632. The van der Waals surface area contributed by atoms with Gasteiger partial charge in [-0.15, -0.1) is 0 Å². The van der Waals surface area contributed by atoms with Crippen LogP contribution < -0.4 is 10.6 Å². The van der Waals surface area contributed by atoms with Gasteiger partial charge < -0.3 is 20.6 Å². The number of nitrogen functional groups attached to an aromatic ring is 1. The molecule has 0 spiro atoms. The second-order valence-electron chi connectivity index (χ2n) is 7.91. The molecule has 1 aliphatic carbocycles. The number of halogens is 1. The van der Waals surface area contributed by atoms with Gasteiger partial charge in [0.15, 0.2) is 0 Å². The molecule has 0 radical (unpaired) electrons. The minimum Gasteiger partial charge on any atom is -0.398 e. The summed E-state index contributed by atoms with van der Waals surface area (Å²) < 4.78 is 0. The summed E-state index contributed by atoms with van der Waals surface area (Å²) in [4.78, 5) is 16.5. The van der Waals surface area contributed by atoms with Crippen molar-refractivity contribution >= 4 is 28.9 Å². The van der Waals surface area contributed by atoms with Crippen molar-refractivity contribution in [1.29, 1.82) is 0 Å². The first-order valence-corrected chi connectivity index (χ1v) is 9.47.